The molecule has 0 fully saturated rings. The van der Waals surface area contributed by atoms with Crippen LogP contribution in [-0.4, -0.2) is 0 Å². The van der Waals surface area contributed by atoms with Crippen molar-refractivity contribution in [3.63, 3.8) is 0 Å². The van der Waals surface area contributed by atoms with Gasteiger partial charge >= 0.3 is 0 Å². The predicted molar refractivity (Wildman–Crippen MR) is 145 cm³/mol. The summed E-state index contributed by atoms with van der Waals surface area (Å²) in [6, 6.07) is 11.6. The molecule has 4 rings (SSSR count). The third-order valence-corrected chi connectivity index (χ3v) is 7.83. The molecule has 0 radical (unpaired) electrons. The zero-order valence-corrected chi connectivity index (χ0v) is 23.0. The summed E-state index contributed by atoms with van der Waals surface area (Å²) in [4.78, 5) is 0. The topological polar surface area (TPSA) is 0 Å². The maximum absolute atomic E-state index is 2.54. The number of hydrogen-bond acceptors (Lipinski definition) is 0. The molecule has 0 aliphatic heterocycles. The van der Waals surface area contributed by atoms with E-state index < -0.39 is 0 Å². The van der Waals surface area contributed by atoms with Crippen LogP contribution in [0.15, 0.2) is 53.6 Å². The molecule has 2 aromatic carbocycles. The fourth-order valence-corrected chi connectivity index (χ4v) is 5.98. The van der Waals surface area contributed by atoms with Crippen molar-refractivity contribution >= 4 is 0 Å². The van der Waals surface area contributed by atoms with Crippen LogP contribution in [0.25, 0.3) is 11.1 Å². The zero-order chi connectivity index (χ0) is 24.6. The molecule has 0 spiro atoms. The molecule has 0 bridgehead atoms. The largest absolute Gasteiger partial charge is 0.0767 e. The van der Waals surface area contributed by atoms with Gasteiger partial charge in [0.25, 0.3) is 0 Å². The highest BCUT2D eigenvalue weighted by Crippen LogP contribution is 2.52. The number of benzene rings is 2. The average Bonchev–Trinajstić information content (AvgIpc) is 3.30. The molecule has 176 valence electrons. The number of fused-ring (bicyclic) bond motifs is 3. The Morgan fingerprint density at radius 3 is 1.85 bits per heavy atom. The molecule has 0 atom stereocenters. The quantitative estimate of drug-likeness (QED) is 0.372. The van der Waals surface area contributed by atoms with Crippen molar-refractivity contribution in [3.05, 3.63) is 81.4 Å². The molecule has 0 nitrogen and oxygen atoms in total. The highest BCUT2D eigenvalue weighted by Gasteiger charge is 2.40. The summed E-state index contributed by atoms with van der Waals surface area (Å²) in [7, 11) is 0. The van der Waals surface area contributed by atoms with Crippen molar-refractivity contribution in [1.82, 2.24) is 0 Å². The minimum atomic E-state index is -0.0283. The molecule has 0 saturated heterocycles. The van der Waals surface area contributed by atoms with E-state index in [0.29, 0.717) is 0 Å². The van der Waals surface area contributed by atoms with E-state index in [1.807, 2.05) is 0 Å². The van der Waals surface area contributed by atoms with Crippen molar-refractivity contribution in [2.24, 2.45) is 5.41 Å². The van der Waals surface area contributed by atoms with Crippen molar-refractivity contribution < 1.29 is 0 Å². The lowest BCUT2D eigenvalue weighted by molar-refractivity contribution is 0.501. The van der Waals surface area contributed by atoms with E-state index in [4.69, 9.17) is 0 Å². The number of hydrogen-bond donors (Lipinski definition) is 0. The second-order valence-electron chi connectivity index (χ2n) is 13.9. The second kappa shape index (κ2) is 7.46. The van der Waals surface area contributed by atoms with Gasteiger partial charge < -0.3 is 0 Å². The first-order valence-corrected chi connectivity index (χ1v) is 12.7. The summed E-state index contributed by atoms with van der Waals surface area (Å²) in [5.41, 5.74) is 14.0. The summed E-state index contributed by atoms with van der Waals surface area (Å²) in [5.74, 6) is 0. The highest BCUT2D eigenvalue weighted by molar-refractivity contribution is 5.81. The fourth-order valence-electron chi connectivity index (χ4n) is 5.98. The predicted octanol–water partition coefficient (Wildman–Crippen LogP) is 9.43. The lowest BCUT2D eigenvalue weighted by Gasteiger charge is -2.40. The van der Waals surface area contributed by atoms with Crippen molar-refractivity contribution in [1.29, 1.82) is 0 Å². The summed E-state index contributed by atoms with van der Waals surface area (Å²) < 4.78 is 0. The van der Waals surface area contributed by atoms with Gasteiger partial charge in [0.1, 0.15) is 0 Å². The van der Waals surface area contributed by atoms with E-state index in [9.17, 15) is 0 Å². The SMILES string of the molecule is CC(C)(C)C1=CCC(C(C)(C)c2c3c(cc(C(C)(C)C)c2C(C)(C)C)-c2ccccc2C3)=C1. The summed E-state index contributed by atoms with van der Waals surface area (Å²) in [6.07, 6.45) is 7.09. The summed E-state index contributed by atoms with van der Waals surface area (Å²) in [5, 5.41) is 0. The summed E-state index contributed by atoms with van der Waals surface area (Å²) >= 11 is 0. The minimum Gasteiger partial charge on any atom is -0.0767 e. The first-order valence-electron chi connectivity index (χ1n) is 12.7. The molecule has 2 aromatic rings. The first-order chi connectivity index (χ1) is 15.0. The minimum absolute atomic E-state index is 0.0283. The van der Waals surface area contributed by atoms with Crippen LogP contribution in [-0.2, 0) is 22.7 Å². The van der Waals surface area contributed by atoms with Gasteiger partial charge in [0, 0.05) is 5.41 Å². The van der Waals surface area contributed by atoms with Crippen LogP contribution in [0.1, 0.15) is 110 Å². The van der Waals surface area contributed by atoms with E-state index in [1.54, 1.807) is 22.3 Å². The van der Waals surface area contributed by atoms with E-state index in [-0.39, 0.29) is 21.7 Å². The molecule has 33 heavy (non-hydrogen) atoms. The van der Waals surface area contributed by atoms with Crippen LogP contribution in [0.3, 0.4) is 0 Å². The van der Waals surface area contributed by atoms with Crippen LogP contribution in [0.5, 0.6) is 0 Å². The molecule has 0 saturated carbocycles. The molecular weight excluding hydrogens is 396 g/mol. The van der Waals surface area contributed by atoms with Gasteiger partial charge in [0.05, 0.1) is 0 Å². The van der Waals surface area contributed by atoms with Gasteiger partial charge in [-0.25, -0.2) is 0 Å². The average molecular weight is 441 g/mol. The standard InChI is InChI=1S/C33H44/c1-30(2,3)22-16-17-23(19-22)33(10,11)28-26-18-21-14-12-13-15-24(21)25(26)20-27(31(4,5)6)29(28)32(7,8)9/h12-16,19-20H,17-18H2,1-11H3. The third kappa shape index (κ3) is 4.05. The van der Waals surface area contributed by atoms with E-state index >= 15 is 0 Å². The Balaban J connectivity index is 2.06. The smallest absolute Gasteiger partial charge is 0.0117 e. The molecule has 2 aliphatic carbocycles. The lowest BCUT2D eigenvalue weighted by atomic mass is 9.64. The first kappa shape index (κ1) is 24.1. The Bertz CT molecular complexity index is 1160. The molecule has 0 amide bonds. The Morgan fingerprint density at radius 2 is 1.30 bits per heavy atom. The Kier molecular flexibility index (Phi) is 5.44. The van der Waals surface area contributed by atoms with Gasteiger partial charge in [-0.2, -0.15) is 0 Å². The molecule has 0 heteroatoms. The van der Waals surface area contributed by atoms with Crippen LogP contribution in [0, 0.1) is 5.41 Å². The Hall–Kier alpha value is -2.08. The van der Waals surface area contributed by atoms with E-state index in [1.165, 1.54) is 27.8 Å². The number of allylic oxidation sites excluding steroid dienone is 4. The van der Waals surface area contributed by atoms with E-state index in [0.717, 1.165) is 12.8 Å². The van der Waals surface area contributed by atoms with Crippen molar-refractivity contribution in [3.8, 4) is 11.1 Å². The third-order valence-electron chi connectivity index (χ3n) is 7.83. The number of rotatable bonds is 2. The molecule has 0 unspecified atom stereocenters. The Labute approximate surface area is 203 Å². The van der Waals surface area contributed by atoms with Crippen LogP contribution < -0.4 is 0 Å². The molecule has 0 aromatic heterocycles. The van der Waals surface area contributed by atoms with Gasteiger partial charge in [-0.15, -0.1) is 0 Å². The summed E-state index contributed by atoms with van der Waals surface area (Å²) in [6.45, 7) is 26.4. The molecule has 0 heterocycles. The van der Waals surface area contributed by atoms with Gasteiger partial charge in [-0.05, 0) is 73.6 Å². The normalized spacial score (nSPS) is 16.5. The molecule has 0 N–H and O–H groups in total. The maximum atomic E-state index is 2.54. The van der Waals surface area contributed by atoms with E-state index in [2.05, 4.69) is 119 Å². The van der Waals surface area contributed by atoms with Crippen molar-refractivity contribution in [2.45, 2.75) is 105 Å². The molecule has 2 aliphatic rings. The van der Waals surface area contributed by atoms with Gasteiger partial charge in [-0.1, -0.05) is 124 Å². The van der Waals surface area contributed by atoms with Gasteiger partial charge in [0.15, 0.2) is 0 Å². The van der Waals surface area contributed by atoms with Crippen LogP contribution >= 0.6 is 0 Å². The molecular formula is C33H44. The lowest BCUT2D eigenvalue weighted by Crippen LogP contribution is -2.32. The fraction of sp³-hybridized carbons (Fsp3) is 0.515. The van der Waals surface area contributed by atoms with Crippen LogP contribution in [0.4, 0.5) is 0 Å². The van der Waals surface area contributed by atoms with Gasteiger partial charge in [-0.3, -0.25) is 0 Å². The monoisotopic (exact) mass is 440 g/mol. The Morgan fingerprint density at radius 1 is 0.667 bits per heavy atom. The van der Waals surface area contributed by atoms with Crippen LogP contribution in [0.2, 0.25) is 0 Å². The van der Waals surface area contributed by atoms with Gasteiger partial charge in [0.2, 0.25) is 0 Å². The van der Waals surface area contributed by atoms with Crippen molar-refractivity contribution in [2.75, 3.05) is 0 Å². The zero-order valence-electron chi connectivity index (χ0n) is 23.0. The maximum Gasteiger partial charge on any atom is 0.0117 e. The highest BCUT2D eigenvalue weighted by atomic mass is 14.4. The second-order valence-corrected chi connectivity index (χ2v) is 13.9.